The normalized spacial score (nSPS) is 22.1. The molecule has 1 fully saturated rings. The molecule has 3 aromatic rings. The summed E-state index contributed by atoms with van der Waals surface area (Å²) in [5.41, 5.74) is 3.97. The van der Waals surface area contributed by atoms with Crippen LogP contribution in [0.15, 0.2) is 71.5 Å². The third kappa shape index (κ3) is 5.05. The van der Waals surface area contributed by atoms with Crippen molar-refractivity contribution < 1.29 is 14.4 Å². The van der Waals surface area contributed by atoms with Gasteiger partial charge < -0.3 is 19.7 Å². The van der Waals surface area contributed by atoms with E-state index in [1.807, 2.05) is 58.0 Å². The van der Waals surface area contributed by atoms with Crippen LogP contribution in [0.2, 0.25) is 0 Å². The van der Waals surface area contributed by atoms with Crippen molar-refractivity contribution in [3.63, 3.8) is 0 Å². The van der Waals surface area contributed by atoms with Gasteiger partial charge in [-0.15, -0.1) is 0 Å². The first-order valence-electron chi connectivity index (χ1n) is 15.5. The monoisotopic (exact) mass is 579 g/mol. The highest BCUT2D eigenvalue weighted by Gasteiger charge is 2.47. The number of likely N-dealkylation sites (tertiary alicyclic amines) is 1. The molecule has 222 valence electrons. The Bertz CT molecular complexity index is 1630. The Morgan fingerprint density at radius 3 is 2.49 bits per heavy atom. The predicted octanol–water partition coefficient (Wildman–Crippen LogP) is 3.76. The molecule has 4 aliphatic heterocycles. The highest BCUT2D eigenvalue weighted by Crippen LogP contribution is 2.45. The molecule has 1 aromatic heterocycles. The number of piperidine rings is 1. The van der Waals surface area contributed by atoms with Crippen LogP contribution >= 0.6 is 0 Å². The fourth-order valence-electron chi connectivity index (χ4n) is 7.56. The van der Waals surface area contributed by atoms with Crippen LogP contribution in [0.5, 0.6) is 0 Å². The Morgan fingerprint density at radius 2 is 1.60 bits per heavy atom. The lowest BCUT2D eigenvalue weighted by atomic mass is 9.83. The summed E-state index contributed by atoms with van der Waals surface area (Å²) in [7, 11) is 0. The number of rotatable bonds is 9. The molecule has 43 heavy (non-hydrogen) atoms. The van der Waals surface area contributed by atoms with E-state index in [4.69, 9.17) is 0 Å². The molecule has 9 nitrogen and oxygen atoms in total. The van der Waals surface area contributed by atoms with E-state index in [0.717, 1.165) is 63.1 Å². The highest BCUT2D eigenvalue weighted by molar-refractivity contribution is 6.16. The maximum absolute atomic E-state index is 13.5. The number of hydrogen-bond donors (Lipinski definition) is 1. The second-order valence-electron chi connectivity index (χ2n) is 12.3. The molecule has 0 spiro atoms. The number of benzene rings is 2. The molecule has 3 atom stereocenters. The highest BCUT2D eigenvalue weighted by atomic mass is 16.2. The van der Waals surface area contributed by atoms with E-state index >= 15 is 0 Å². The zero-order valence-corrected chi connectivity index (χ0v) is 24.3. The summed E-state index contributed by atoms with van der Waals surface area (Å²) in [6, 6.07) is 20.5. The van der Waals surface area contributed by atoms with E-state index < -0.39 is 6.17 Å². The number of carbonyl (C=O) groups excluding carboxylic acids is 3. The Kier molecular flexibility index (Phi) is 7.34. The van der Waals surface area contributed by atoms with Crippen LogP contribution in [-0.4, -0.2) is 64.8 Å². The smallest absolute Gasteiger partial charge is 0.260 e. The number of pyridine rings is 1. The first kappa shape index (κ1) is 27.6. The largest absolute Gasteiger partial charge is 0.355 e. The number of hydrogen-bond acceptors (Lipinski definition) is 5. The van der Waals surface area contributed by atoms with Gasteiger partial charge in [0.2, 0.25) is 5.91 Å². The van der Waals surface area contributed by atoms with Gasteiger partial charge in [0.1, 0.15) is 6.17 Å². The van der Waals surface area contributed by atoms with Gasteiger partial charge in [-0.1, -0.05) is 42.8 Å². The lowest BCUT2D eigenvalue weighted by molar-refractivity contribution is -0.121. The molecule has 9 heteroatoms. The van der Waals surface area contributed by atoms with Gasteiger partial charge in [0.05, 0.1) is 11.3 Å². The average molecular weight is 580 g/mol. The van der Waals surface area contributed by atoms with Crippen molar-refractivity contribution >= 4 is 23.4 Å². The summed E-state index contributed by atoms with van der Waals surface area (Å²) in [4.78, 5) is 57.7. The first-order valence-corrected chi connectivity index (χ1v) is 15.5. The molecule has 0 saturated carbocycles. The minimum atomic E-state index is -0.432. The number of aromatic nitrogens is 1. The van der Waals surface area contributed by atoms with E-state index in [2.05, 4.69) is 16.3 Å². The van der Waals surface area contributed by atoms with E-state index in [9.17, 15) is 19.2 Å². The maximum atomic E-state index is 13.5. The molecule has 0 aliphatic carbocycles. The molecule has 2 bridgehead atoms. The summed E-state index contributed by atoms with van der Waals surface area (Å²) in [6.45, 7) is 4.61. The van der Waals surface area contributed by atoms with Crippen molar-refractivity contribution in [2.24, 2.45) is 5.92 Å². The number of anilines is 1. The quantitative estimate of drug-likeness (QED) is 0.390. The van der Waals surface area contributed by atoms with Crippen LogP contribution < -0.4 is 15.8 Å². The Hall–Kier alpha value is -4.24. The fourth-order valence-corrected chi connectivity index (χ4v) is 7.56. The summed E-state index contributed by atoms with van der Waals surface area (Å²) < 4.78 is 1.94. The Balaban J connectivity index is 0.881. The zero-order valence-electron chi connectivity index (χ0n) is 24.3. The van der Waals surface area contributed by atoms with Crippen molar-refractivity contribution in [3.05, 3.63) is 99.5 Å². The van der Waals surface area contributed by atoms with Gasteiger partial charge in [-0.05, 0) is 49.4 Å². The number of nitrogens with zero attached hydrogens (tertiary/aromatic N) is 4. The predicted molar refractivity (Wildman–Crippen MR) is 163 cm³/mol. The SMILES string of the molecule is O=C(CCCCCN1C(=O)c2ccccc2N2C(=O)c3ccccc3[C@@H]12)NCCN1C[C@H]2C[C@@H](C1)c1cccc(=O)n1C2. The van der Waals surface area contributed by atoms with Gasteiger partial charge in [0.15, 0.2) is 0 Å². The molecule has 4 aliphatic rings. The fraction of sp³-hybridized carbons (Fsp3) is 0.412. The Morgan fingerprint density at radius 1 is 0.791 bits per heavy atom. The number of fused-ring (bicyclic) bond motifs is 9. The van der Waals surface area contributed by atoms with Crippen LogP contribution in [0.3, 0.4) is 0 Å². The molecule has 5 heterocycles. The minimum absolute atomic E-state index is 0.0542. The molecule has 0 radical (unpaired) electrons. The molecule has 3 amide bonds. The standard InChI is InChI=1S/C34H37N5O4/c40-30(35-16-18-36-20-23-19-24(22-36)28-13-8-15-31(41)38(28)21-23)14-2-1-7-17-37-32-25-9-3-4-10-26(25)34(43)39(32)29-12-6-5-11-27(29)33(37)42/h3-6,8-13,15,23-24,32H,1-2,7,14,16-22H2,(H,35,40)/t23-,24+,32+/m1/s1. The van der Waals surface area contributed by atoms with Crippen molar-refractivity contribution in [2.75, 3.05) is 37.6 Å². The van der Waals surface area contributed by atoms with Gasteiger partial charge in [-0.2, -0.15) is 0 Å². The second kappa shape index (κ2) is 11.4. The van der Waals surface area contributed by atoms with Gasteiger partial charge in [0.25, 0.3) is 17.4 Å². The molecule has 7 rings (SSSR count). The lowest BCUT2D eigenvalue weighted by Crippen LogP contribution is -2.48. The van der Waals surface area contributed by atoms with Crippen LogP contribution in [0.25, 0.3) is 0 Å². The Labute approximate surface area is 251 Å². The van der Waals surface area contributed by atoms with E-state index in [1.165, 1.54) is 0 Å². The van der Waals surface area contributed by atoms with Crippen LogP contribution in [0.4, 0.5) is 5.69 Å². The third-order valence-corrected chi connectivity index (χ3v) is 9.49. The molecular weight excluding hydrogens is 542 g/mol. The number of nitrogens with one attached hydrogen (secondary N) is 1. The topological polar surface area (TPSA) is 95.0 Å². The van der Waals surface area contributed by atoms with Crippen molar-refractivity contribution in [1.82, 2.24) is 19.7 Å². The number of amides is 3. The summed E-state index contributed by atoms with van der Waals surface area (Å²) in [6.07, 6.45) is 3.46. The molecular formula is C34H37N5O4. The van der Waals surface area contributed by atoms with Crippen LogP contribution in [0, 0.1) is 5.92 Å². The van der Waals surface area contributed by atoms with E-state index in [0.29, 0.717) is 48.2 Å². The summed E-state index contributed by atoms with van der Waals surface area (Å²) in [5, 5.41) is 3.08. The second-order valence-corrected chi connectivity index (χ2v) is 12.3. The third-order valence-electron chi connectivity index (χ3n) is 9.49. The van der Waals surface area contributed by atoms with Crippen LogP contribution in [0.1, 0.15) is 76.2 Å². The van der Waals surface area contributed by atoms with Gasteiger partial charge in [0, 0.05) is 74.5 Å². The number of carbonyl (C=O) groups is 3. The number of unbranched alkanes of at least 4 members (excludes halogenated alkanes) is 2. The van der Waals surface area contributed by atoms with Crippen molar-refractivity contribution in [2.45, 2.75) is 50.7 Å². The maximum Gasteiger partial charge on any atom is 0.260 e. The number of para-hydroxylation sites is 1. The van der Waals surface area contributed by atoms with Crippen molar-refractivity contribution in [3.8, 4) is 0 Å². The molecule has 1 saturated heterocycles. The molecule has 0 unspecified atom stereocenters. The van der Waals surface area contributed by atoms with Gasteiger partial charge in [-0.3, -0.25) is 24.1 Å². The van der Waals surface area contributed by atoms with E-state index in [1.54, 1.807) is 17.0 Å². The molecule has 2 aromatic carbocycles. The molecule has 1 N–H and O–H groups in total. The van der Waals surface area contributed by atoms with Crippen molar-refractivity contribution in [1.29, 1.82) is 0 Å². The van der Waals surface area contributed by atoms with E-state index in [-0.39, 0.29) is 23.3 Å². The zero-order chi connectivity index (χ0) is 29.5. The van der Waals surface area contributed by atoms with Gasteiger partial charge in [-0.25, -0.2) is 0 Å². The lowest BCUT2D eigenvalue weighted by Gasteiger charge is -2.42. The van der Waals surface area contributed by atoms with Crippen LogP contribution in [-0.2, 0) is 11.3 Å². The summed E-state index contributed by atoms with van der Waals surface area (Å²) >= 11 is 0. The summed E-state index contributed by atoms with van der Waals surface area (Å²) in [5.74, 6) is 0.774. The average Bonchev–Trinajstić information content (AvgIpc) is 3.31. The minimum Gasteiger partial charge on any atom is -0.355 e. The van der Waals surface area contributed by atoms with Gasteiger partial charge >= 0.3 is 0 Å². The first-order chi connectivity index (χ1) is 21.0.